The minimum absolute atomic E-state index is 0.237. The number of aliphatic imine (C=N–C) groups is 1. The number of hydrogen-bond donors (Lipinski definition) is 0. The summed E-state index contributed by atoms with van der Waals surface area (Å²) < 4.78 is 0. The molecule has 2 aliphatic carbocycles. The Kier molecular flexibility index (Phi) is 9.36. The van der Waals surface area contributed by atoms with Crippen LogP contribution in [-0.2, 0) is 0 Å². The highest BCUT2D eigenvalue weighted by atomic mass is 14.9. The summed E-state index contributed by atoms with van der Waals surface area (Å²) in [6, 6.07) is 40.9. The van der Waals surface area contributed by atoms with E-state index in [1.54, 1.807) is 6.08 Å². The molecule has 4 atom stereocenters. The zero-order valence-corrected chi connectivity index (χ0v) is 32.5. The number of terminal acetylenes is 1. The van der Waals surface area contributed by atoms with E-state index in [0.29, 0.717) is 11.8 Å². The molecule has 1 heteroatoms. The van der Waals surface area contributed by atoms with E-state index in [1.165, 1.54) is 82.6 Å². The molecule has 9 rings (SSSR count). The lowest BCUT2D eigenvalue weighted by Crippen LogP contribution is -2.31. The Labute approximate surface area is 331 Å². The van der Waals surface area contributed by atoms with Gasteiger partial charge in [-0.15, -0.1) is 6.42 Å². The zero-order chi connectivity index (χ0) is 38.2. The van der Waals surface area contributed by atoms with Crippen molar-refractivity contribution in [3.8, 4) is 34.6 Å². The maximum Gasteiger partial charge on any atom is 0.0828 e. The van der Waals surface area contributed by atoms with Gasteiger partial charge in [-0.2, -0.15) is 0 Å². The molecule has 0 aromatic heterocycles. The molecule has 1 heterocycles. The summed E-state index contributed by atoms with van der Waals surface area (Å²) in [6.07, 6.45) is 30.7. The summed E-state index contributed by atoms with van der Waals surface area (Å²) >= 11 is 0. The molecule has 3 aliphatic rings. The van der Waals surface area contributed by atoms with Crippen LogP contribution >= 0.6 is 0 Å². The average Bonchev–Trinajstić information content (AvgIpc) is 3.36. The molecule has 0 saturated heterocycles. The smallest absolute Gasteiger partial charge is 0.0828 e. The molecule has 1 aliphatic heterocycles. The fourth-order valence-corrected chi connectivity index (χ4v) is 9.48. The molecule has 6 aromatic rings. The Hall–Kier alpha value is -6.23. The normalized spacial score (nSPS) is 22.2. The van der Waals surface area contributed by atoms with Crippen molar-refractivity contribution in [3.05, 3.63) is 187 Å². The summed E-state index contributed by atoms with van der Waals surface area (Å²) in [7, 11) is 0. The van der Waals surface area contributed by atoms with Crippen LogP contribution in [0.4, 0.5) is 0 Å². The fraction of sp³-hybridized carbons (Fsp3) is 0.182. The highest BCUT2D eigenvalue weighted by Crippen LogP contribution is 2.46. The quantitative estimate of drug-likeness (QED) is 0.0922. The van der Waals surface area contributed by atoms with E-state index in [0.717, 1.165) is 19.3 Å². The largest absolute Gasteiger partial charge is 0.278 e. The molecule has 0 N–H and O–H groups in total. The van der Waals surface area contributed by atoms with Gasteiger partial charge in [-0.1, -0.05) is 170 Å². The first-order valence-corrected chi connectivity index (χ1v) is 20.1. The molecule has 1 nitrogen and oxygen atoms in total. The molecular formula is C55H47N. The van der Waals surface area contributed by atoms with Crippen molar-refractivity contribution in [1.29, 1.82) is 0 Å². The van der Waals surface area contributed by atoms with Gasteiger partial charge in [0.05, 0.1) is 5.54 Å². The van der Waals surface area contributed by atoms with Crippen LogP contribution in [0.25, 0.3) is 60.1 Å². The van der Waals surface area contributed by atoms with Crippen LogP contribution in [0.3, 0.4) is 0 Å². The van der Waals surface area contributed by atoms with E-state index in [-0.39, 0.29) is 11.5 Å². The summed E-state index contributed by atoms with van der Waals surface area (Å²) in [6.45, 7) is 6.89. The van der Waals surface area contributed by atoms with Gasteiger partial charge in [0.15, 0.2) is 0 Å². The van der Waals surface area contributed by atoms with Crippen LogP contribution in [-0.4, -0.2) is 11.3 Å². The highest BCUT2D eigenvalue weighted by Gasteiger charge is 2.40. The van der Waals surface area contributed by atoms with E-state index in [2.05, 4.69) is 184 Å². The van der Waals surface area contributed by atoms with Crippen molar-refractivity contribution in [1.82, 2.24) is 0 Å². The van der Waals surface area contributed by atoms with Gasteiger partial charge < -0.3 is 0 Å². The van der Waals surface area contributed by atoms with Crippen LogP contribution in [0.1, 0.15) is 51.2 Å². The number of benzene rings is 6. The first kappa shape index (κ1) is 35.5. The van der Waals surface area contributed by atoms with Crippen LogP contribution in [0.5, 0.6) is 0 Å². The number of allylic oxidation sites excluding steroid dienone is 10. The first-order valence-electron chi connectivity index (χ1n) is 20.1. The maximum absolute atomic E-state index is 5.59. The predicted molar refractivity (Wildman–Crippen MR) is 242 cm³/mol. The third-order valence-electron chi connectivity index (χ3n) is 12.5. The van der Waals surface area contributed by atoms with E-state index in [4.69, 9.17) is 11.4 Å². The number of hydrogen-bond acceptors (Lipinski definition) is 1. The minimum atomic E-state index is -0.290. The Balaban J connectivity index is 1.19. The molecule has 0 spiro atoms. The molecule has 0 bridgehead atoms. The lowest BCUT2D eigenvalue weighted by molar-refractivity contribution is 0.351. The molecule has 0 radical (unpaired) electrons. The van der Waals surface area contributed by atoms with E-state index < -0.39 is 0 Å². The molecule has 4 unspecified atom stereocenters. The van der Waals surface area contributed by atoms with Gasteiger partial charge in [-0.05, 0) is 129 Å². The van der Waals surface area contributed by atoms with Crippen LogP contribution in [0, 0.1) is 30.1 Å². The van der Waals surface area contributed by atoms with Crippen molar-refractivity contribution < 1.29 is 0 Å². The van der Waals surface area contributed by atoms with E-state index >= 15 is 0 Å². The molecule has 0 fully saturated rings. The fourth-order valence-electron chi connectivity index (χ4n) is 9.48. The van der Waals surface area contributed by atoms with Crippen LogP contribution < -0.4 is 0 Å². The van der Waals surface area contributed by atoms with Crippen molar-refractivity contribution in [3.63, 3.8) is 0 Å². The van der Waals surface area contributed by atoms with Gasteiger partial charge in [0.25, 0.3) is 0 Å². The van der Waals surface area contributed by atoms with Crippen LogP contribution in [0.15, 0.2) is 181 Å². The van der Waals surface area contributed by atoms with Gasteiger partial charge in [-0.25, -0.2) is 0 Å². The zero-order valence-electron chi connectivity index (χ0n) is 32.5. The van der Waals surface area contributed by atoms with Crippen molar-refractivity contribution in [2.75, 3.05) is 0 Å². The summed E-state index contributed by atoms with van der Waals surface area (Å²) in [5.41, 5.74) is 11.0. The average molecular weight is 722 g/mol. The Bertz CT molecular complexity index is 2770. The van der Waals surface area contributed by atoms with E-state index in [1.807, 2.05) is 6.08 Å². The second-order valence-corrected chi connectivity index (χ2v) is 16.0. The molecule has 0 saturated carbocycles. The van der Waals surface area contributed by atoms with Gasteiger partial charge >= 0.3 is 0 Å². The van der Waals surface area contributed by atoms with Crippen molar-refractivity contribution in [2.45, 2.75) is 45.6 Å². The van der Waals surface area contributed by atoms with Crippen molar-refractivity contribution >= 4 is 43.6 Å². The Morgan fingerprint density at radius 2 is 1.46 bits per heavy atom. The highest BCUT2D eigenvalue weighted by molar-refractivity contribution is 6.20. The van der Waals surface area contributed by atoms with Gasteiger partial charge in [0.1, 0.15) is 0 Å². The van der Waals surface area contributed by atoms with Crippen molar-refractivity contribution in [2.24, 2.45) is 22.7 Å². The summed E-state index contributed by atoms with van der Waals surface area (Å²) in [5.74, 6) is 3.53. The number of rotatable bonds is 6. The lowest BCUT2D eigenvalue weighted by Gasteiger charge is -2.32. The van der Waals surface area contributed by atoms with E-state index in [9.17, 15) is 0 Å². The lowest BCUT2D eigenvalue weighted by atomic mass is 9.73. The molecule has 6 aromatic carbocycles. The molecule has 56 heavy (non-hydrogen) atoms. The third-order valence-corrected chi connectivity index (χ3v) is 12.5. The third kappa shape index (κ3) is 6.40. The second kappa shape index (κ2) is 14.8. The molecular weight excluding hydrogens is 675 g/mol. The predicted octanol–water partition coefficient (Wildman–Crippen LogP) is 14.3. The second-order valence-electron chi connectivity index (χ2n) is 16.0. The first-order chi connectivity index (χ1) is 27.4. The van der Waals surface area contributed by atoms with Gasteiger partial charge in [0, 0.05) is 17.5 Å². The molecule has 0 amide bonds. The molecule has 272 valence electrons. The topological polar surface area (TPSA) is 12.4 Å². The Morgan fingerprint density at radius 3 is 2.25 bits per heavy atom. The summed E-state index contributed by atoms with van der Waals surface area (Å²) in [5, 5.41) is 7.65. The van der Waals surface area contributed by atoms with Gasteiger partial charge in [0.2, 0.25) is 0 Å². The number of nitrogens with zero attached hydrogens (tertiary/aromatic N) is 1. The summed E-state index contributed by atoms with van der Waals surface area (Å²) in [4.78, 5) is 5.59. The minimum Gasteiger partial charge on any atom is -0.278 e. The Morgan fingerprint density at radius 1 is 0.750 bits per heavy atom. The van der Waals surface area contributed by atoms with Crippen LogP contribution in [0.2, 0.25) is 0 Å². The SMILES string of the molecule is C#C/C=C\C=C(/C)C1CC2C=CC=CC2(C)N=C(c2ccc(-c3ccc4c(C5=CCCC=C5)c5ccccc5c(-c5ccc6ccccc6c5)c4c3)cc2)C1C. The number of fused-ring (bicyclic) bond motifs is 4. The standard InChI is InChI=1S/C55H47N/c1-5-6-8-17-37(2)50-36-46-22-15-16-33-55(46,4)56-54(38(50)3)42-28-25-40(26-29-42)44-31-32-49-51(35-44)53(45-30-27-39-18-11-12-21-43(39)34-45)48-24-14-13-23-47(48)52(49)41-19-9-7-10-20-41/h1,6,8-9,11-35,38,46,50H,7,10,36H2,2-4H3/b8-6-,37-17+. The maximum atomic E-state index is 5.59. The van der Waals surface area contributed by atoms with Gasteiger partial charge in [-0.3, -0.25) is 4.99 Å². The monoisotopic (exact) mass is 721 g/mol.